The zero-order valence-electron chi connectivity index (χ0n) is 29.9. The fourth-order valence-corrected chi connectivity index (χ4v) is 12.7. The number of likely N-dealkylation sites (N-methyl/N-ethyl adjacent to an activating group) is 1. The Bertz CT molecular complexity index is 1530. The van der Waals surface area contributed by atoms with Gasteiger partial charge in [0.2, 0.25) is 11.8 Å². The van der Waals surface area contributed by atoms with Crippen molar-refractivity contribution in [1.29, 1.82) is 0 Å². The van der Waals surface area contributed by atoms with E-state index in [1.807, 2.05) is 0 Å². The van der Waals surface area contributed by atoms with Crippen LogP contribution in [0.1, 0.15) is 56.3 Å². The summed E-state index contributed by atoms with van der Waals surface area (Å²) >= 11 is 0. The van der Waals surface area contributed by atoms with Gasteiger partial charge in [0, 0.05) is 82.3 Å². The lowest BCUT2D eigenvalue weighted by atomic mass is 9.42. The molecule has 1 saturated heterocycles. The molecule has 1 aromatic rings. The van der Waals surface area contributed by atoms with Crippen molar-refractivity contribution in [2.45, 2.75) is 87.6 Å². The number of carbonyl (C=O) groups is 3. The average molecular weight is 700 g/mol. The first-order valence-electron chi connectivity index (χ1n) is 18.0. The van der Waals surface area contributed by atoms with Gasteiger partial charge in [-0.1, -0.05) is 26.0 Å². The first-order chi connectivity index (χ1) is 23.8. The second-order valence-electron chi connectivity index (χ2n) is 15.9. The van der Waals surface area contributed by atoms with Gasteiger partial charge in [0.25, 0.3) is 0 Å². The Kier molecular flexibility index (Phi) is 8.93. The van der Waals surface area contributed by atoms with Crippen molar-refractivity contribution >= 4 is 23.5 Å². The zero-order valence-corrected chi connectivity index (χ0v) is 29.9. The van der Waals surface area contributed by atoms with Gasteiger partial charge < -0.3 is 44.9 Å². The van der Waals surface area contributed by atoms with E-state index in [2.05, 4.69) is 17.1 Å². The molecular weight excluding hydrogens is 646 g/mol. The van der Waals surface area contributed by atoms with Crippen LogP contribution in [0, 0.1) is 40.4 Å². The number of ether oxygens (including phenoxy) is 5. The van der Waals surface area contributed by atoms with Crippen molar-refractivity contribution in [3.05, 3.63) is 29.8 Å². The number of nitrogens with zero attached hydrogens (tertiary/aromatic N) is 1. The molecule has 14 atom stereocenters. The molecule has 5 saturated carbocycles. The summed E-state index contributed by atoms with van der Waals surface area (Å²) in [6, 6.07) is 6.16. The molecule has 6 aliphatic rings. The fourth-order valence-electron chi connectivity index (χ4n) is 12.7. The van der Waals surface area contributed by atoms with E-state index in [4.69, 9.17) is 29.4 Å². The highest BCUT2D eigenvalue weighted by molar-refractivity contribution is 6.02. The zero-order chi connectivity index (χ0) is 36.0. The van der Waals surface area contributed by atoms with Crippen LogP contribution in [0.25, 0.3) is 0 Å². The fraction of sp³-hybridized carbons (Fsp3) is 0.757. The third-order valence-electron chi connectivity index (χ3n) is 14.2. The predicted molar refractivity (Wildman–Crippen MR) is 180 cm³/mol. The molecule has 1 aliphatic heterocycles. The number of para-hydroxylation sites is 1. The Morgan fingerprint density at radius 3 is 2.46 bits per heavy atom. The van der Waals surface area contributed by atoms with Crippen molar-refractivity contribution in [3.63, 3.8) is 0 Å². The number of nitrogens with one attached hydrogen (secondary N) is 1. The maximum atomic E-state index is 14.0. The van der Waals surface area contributed by atoms with Crippen molar-refractivity contribution in [2.24, 2.45) is 46.2 Å². The molecule has 276 valence electrons. The number of rotatable bonds is 12. The van der Waals surface area contributed by atoms with E-state index in [0.717, 1.165) is 6.42 Å². The molecule has 13 heteroatoms. The lowest BCUT2D eigenvalue weighted by molar-refractivity contribution is -0.320. The van der Waals surface area contributed by atoms with Gasteiger partial charge in [-0.3, -0.25) is 14.5 Å². The van der Waals surface area contributed by atoms with Crippen molar-refractivity contribution in [2.75, 3.05) is 53.5 Å². The van der Waals surface area contributed by atoms with Crippen LogP contribution in [-0.4, -0.2) is 123 Å². The molecule has 50 heavy (non-hydrogen) atoms. The Balaban J connectivity index is 1.29. The van der Waals surface area contributed by atoms with Crippen LogP contribution in [0.3, 0.4) is 0 Å². The highest BCUT2D eigenvalue weighted by atomic mass is 16.5. The molecule has 6 fully saturated rings. The van der Waals surface area contributed by atoms with E-state index >= 15 is 0 Å². The Labute approximate surface area is 293 Å². The van der Waals surface area contributed by atoms with Gasteiger partial charge in [0.05, 0.1) is 48.3 Å². The van der Waals surface area contributed by atoms with Gasteiger partial charge in [0.1, 0.15) is 11.2 Å². The standard InChI is InChI=1S/C37H53N3O10/c1-7-40-17-34(18-50-32(43)20-10-8-9-11-23(20)39-31(42)19(2)14-26(38)41)13-12-25(47-4)36-22-15-21-24(46-3)16-35(44,27(22)28(21)48-5)37(45,33(36)40)30(49-6)29(34)36/h8-11,19,21-22,24-25,27-30,33,44-45H,7,12-18H2,1-6H3,(H2,38,41)(H,39,42)/t19-,21-,22-,24-,25+,27-,28+,29-,30+,33+,34+,35-,36+,37-/m1/s1. The smallest absolute Gasteiger partial charge is 0.340 e. The van der Waals surface area contributed by atoms with Crippen LogP contribution in [0.5, 0.6) is 0 Å². The van der Waals surface area contributed by atoms with Gasteiger partial charge in [-0.05, 0) is 43.9 Å². The number of aliphatic hydroxyl groups is 2. The molecule has 5 N–H and O–H groups in total. The van der Waals surface area contributed by atoms with Crippen LogP contribution in [-0.2, 0) is 33.3 Å². The quantitative estimate of drug-likeness (QED) is 0.233. The summed E-state index contributed by atoms with van der Waals surface area (Å²) < 4.78 is 31.3. The molecule has 1 heterocycles. The summed E-state index contributed by atoms with van der Waals surface area (Å²) in [6.07, 6.45) is 0.586. The molecule has 0 aromatic heterocycles. The number of fused-ring (bicyclic) bond motifs is 2. The van der Waals surface area contributed by atoms with Gasteiger partial charge in [-0.25, -0.2) is 4.79 Å². The minimum atomic E-state index is -1.70. The molecule has 2 amide bonds. The van der Waals surface area contributed by atoms with Crippen molar-refractivity contribution in [1.82, 2.24) is 4.90 Å². The lowest BCUT2D eigenvalue weighted by Gasteiger charge is -2.70. The van der Waals surface area contributed by atoms with E-state index < -0.39 is 57.9 Å². The molecular formula is C37H53N3O10. The van der Waals surface area contributed by atoms with Gasteiger partial charge in [0.15, 0.2) is 0 Å². The van der Waals surface area contributed by atoms with Gasteiger partial charge in [-0.2, -0.15) is 0 Å². The average Bonchev–Trinajstić information content (AvgIpc) is 3.52. The van der Waals surface area contributed by atoms with Gasteiger partial charge >= 0.3 is 5.97 Å². The topological polar surface area (TPSA) is 179 Å². The van der Waals surface area contributed by atoms with Crippen LogP contribution < -0.4 is 11.1 Å². The predicted octanol–water partition coefficient (Wildman–Crippen LogP) is 1.59. The summed E-state index contributed by atoms with van der Waals surface area (Å²) in [5.74, 6) is -3.02. The number of hydrogen-bond acceptors (Lipinski definition) is 11. The minimum absolute atomic E-state index is 0.0402. The number of hydrogen-bond donors (Lipinski definition) is 4. The molecule has 13 nitrogen and oxygen atoms in total. The number of methoxy groups -OCH3 is 4. The summed E-state index contributed by atoms with van der Waals surface area (Å²) in [6.45, 7) is 4.84. The van der Waals surface area contributed by atoms with E-state index in [1.54, 1.807) is 59.6 Å². The van der Waals surface area contributed by atoms with Crippen LogP contribution >= 0.6 is 0 Å². The molecule has 0 radical (unpaired) electrons. The third-order valence-corrected chi connectivity index (χ3v) is 14.2. The number of esters is 1. The maximum Gasteiger partial charge on any atom is 0.340 e. The normalized spacial score (nSPS) is 44.4. The monoisotopic (exact) mass is 699 g/mol. The number of nitrogens with two attached hydrogens (primary N) is 1. The number of primary amides is 1. The minimum Gasteiger partial charge on any atom is -0.461 e. The number of amides is 2. The first-order valence-corrected chi connectivity index (χ1v) is 18.0. The number of carbonyl (C=O) groups excluding carboxylic acids is 3. The molecule has 5 aliphatic carbocycles. The number of piperidine rings is 1. The molecule has 0 unspecified atom stereocenters. The first kappa shape index (κ1) is 35.7. The van der Waals surface area contributed by atoms with Gasteiger partial charge in [-0.15, -0.1) is 0 Å². The Hall–Kier alpha value is -2.65. The second-order valence-corrected chi connectivity index (χ2v) is 15.9. The van der Waals surface area contributed by atoms with Crippen LogP contribution in [0.2, 0.25) is 0 Å². The van der Waals surface area contributed by atoms with E-state index in [0.29, 0.717) is 25.9 Å². The number of benzene rings is 1. The molecule has 1 spiro atoms. The van der Waals surface area contributed by atoms with Crippen molar-refractivity contribution < 1.29 is 48.3 Å². The summed E-state index contributed by atoms with van der Waals surface area (Å²) in [4.78, 5) is 40.5. The number of anilines is 1. The van der Waals surface area contributed by atoms with E-state index in [9.17, 15) is 24.6 Å². The van der Waals surface area contributed by atoms with E-state index in [1.165, 1.54) is 0 Å². The maximum absolute atomic E-state index is 14.0. The van der Waals surface area contributed by atoms with E-state index in [-0.39, 0.29) is 72.7 Å². The number of likely N-dealkylation sites (tertiary alicyclic amines) is 1. The van der Waals surface area contributed by atoms with Crippen LogP contribution in [0.4, 0.5) is 5.69 Å². The largest absolute Gasteiger partial charge is 0.461 e. The summed E-state index contributed by atoms with van der Waals surface area (Å²) in [5, 5.41) is 29.3. The molecule has 7 rings (SSSR count). The Morgan fingerprint density at radius 2 is 1.82 bits per heavy atom. The molecule has 7 bridgehead atoms. The van der Waals surface area contributed by atoms with Crippen LogP contribution in [0.15, 0.2) is 24.3 Å². The lowest BCUT2D eigenvalue weighted by Crippen LogP contribution is -2.82. The summed E-state index contributed by atoms with van der Waals surface area (Å²) in [5.41, 5.74) is 1.21. The highest BCUT2D eigenvalue weighted by Crippen LogP contribution is 2.80. The molecule has 1 aromatic carbocycles. The van der Waals surface area contributed by atoms with Crippen molar-refractivity contribution in [3.8, 4) is 0 Å². The Morgan fingerprint density at radius 1 is 1.08 bits per heavy atom. The second kappa shape index (κ2) is 12.5. The SMILES string of the molecule is CCN1C[C@]2(COC(=O)c3ccccc3NC(=O)[C@H](C)CC(N)=O)CC[C@H](OC)[C@@]34[C@@H]5C[C@H]6[C@H](OC)[C@@H]5[C@](O)(C[C@H]6OC)[C@@](O)([C@@H](OC)[C@H]23)[C@@H]14. The third kappa shape index (κ3) is 4.46. The summed E-state index contributed by atoms with van der Waals surface area (Å²) in [7, 11) is 6.69. The highest BCUT2D eigenvalue weighted by Gasteiger charge is 2.91.